The molecule has 94 valence electrons. The monoisotopic (exact) mass is 268 g/mol. The Bertz CT molecular complexity index is 424. The quantitative estimate of drug-likeness (QED) is 0.786. The van der Waals surface area contributed by atoms with Crippen LogP contribution in [0.1, 0.15) is 17.3 Å². The molecule has 0 bridgehead atoms. The second-order valence-corrected chi connectivity index (χ2v) is 3.30. The van der Waals surface area contributed by atoms with Crippen LogP contribution in [0.25, 0.3) is 0 Å². The molecule has 3 nitrogen and oxygen atoms in total. The van der Waals surface area contributed by atoms with E-state index >= 15 is 0 Å². The molecule has 0 aromatic heterocycles. The maximum absolute atomic E-state index is 13.6. The summed E-state index contributed by atoms with van der Waals surface area (Å²) in [6, 6.07) is 1.83. The second-order valence-electron chi connectivity index (χ2n) is 2.86. The fourth-order valence-corrected chi connectivity index (χ4v) is 1.31. The van der Waals surface area contributed by atoms with Crippen molar-refractivity contribution < 1.29 is 27.4 Å². The van der Waals surface area contributed by atoms with E-state index in [0.717, 1.165) is 12.1 Å². The fraction of sp³-hybridized carbons (Fsp3) is 0.300. The molecular weight excluding hydrogens is 261 g/mol. The number of hydrogen-bond acceptors (Lipinski definition) is 3. The van der Waals surface area contributed by atoms with Crippen LogP contribution in [-0.4, -0.2) is 19.2 Å². The van der Waals surface area contributed by atoms with Crippen LogP contribution >= 0.6 is 11.6 Å². The van der Waals surface area contributed by atoms with Gasteiger partial charge >= 0.3 is 12.6 Å². The molecule has 0 aliphatic rings. The Balaban J connectivity index is 3.13. The van der Waals surface area contributed by atoms with Gasteiger partial charge in [0, 0.05) is 11.1 Å². The van der Waals surface area contributed by atoms with Crippen molar-refractivity contribution in [3.63, 3.8) is 0 Å². The lowest BCUT2D eigenvalue weighted by Gasteiger charge is -2.09. The van der Waals surface area contributed by atoms with Gasteiger partial charge in [-0.1, -0.05) is 11.6 Å². The number of rotatable bonds is 4. The van der Waals surface area contributed by atoms with E-state index in [1.54, 1.807) is 0 Å². The third kappa shape index (κ3) is 3.52. The number of hydrogen-bond donors (Lipinski definition) is 0. The summed E-state index contributed by atoms with van der Waals surface area (Å²) in [5.74, 6) is -3.02. The highest BCUT2D eigenvalue weighted by atomic mass is 35.5. The van der Waals surface area contributed by atoms with Gasteiger partial charge in [-0.2, -0.15) is 8.78 Å². The van der Waals surface area contributed by atoms with Crippen LogP contribution in [0.2, 0.25) is 5.02 Å². The molecule has 0 aliphatic carbocycles. The van der Waals surface area contributed by atoms with E-state index in [9.17, 15) is 18.0 Å². The molecule has 0 N–H and O–H groups in total. The van der Waals surface area contributed by atoms with E-state index in [1.165, 1.54) is 6.92 Å². The molecule has 1 rings (SSSR count). The molecule has 17 heavy (non-hydrogen) atoms. The van der Waals surface area contributed by atoms with E-state index in [-0.39, 0.29) is 11.6 Å². The van der Waals surface area contributed by atoms with Gasteiger partial charge < -0.3 is 9.47 Å². The lowest BCUT2D eigenvalue weighted by molar-refractivity contribution is -0.0523. The summed E-state index contributed by atoms with van der Waals surface area (Å²) in [4.78, 5) is 11.3. The minimum atomic E-state index is -3.21. The van der Waals surface area contributed by atoms with Crippen molar-refractivity contribution in [2.45, 2.75) is 13.5 Å². The number of carbonyl (C=O) groups is 1. The fourth-order valence-electron chi connectivity index (χ4n) is 1.10. The first kappa shape index (κ1) is 13.6. The third-order valence-corrected chi connectivity index (χ3v) is 1.93. The van der Waals surface area contributed by atoms with Crippen molar-refractivity contribution in [3.8, 4) is 5.75 Å². The Morgan fingerprint density at radius 3 is 2.65 bits per heavy atom. The highest BCUT2D eigenvalue weighted by Crippen LogP contribution is 2.27. The van der Waals surface area contributed by atoms with Crippen molar-refractivity contribution in [3.05, 3.63) is 28.5 Å². The molecule has 1 aromatic rings. The van der Waals surface area contributed by atoms with Crippen molar-refractivity contribution in [1.29, 1.82) is 0 Å². The lowest BCUT2D eigenvalue weighted by atomic mass is 10.2. The summed E-state index contributed by atoms with van der Waals surface area (Å²) in [5, 5.41) is -0.106. The molecular formula is C10H8ClF3O3. The highest BCUT2D eigenvalue weighted by molar-refractivity contribution is 6.31. The van der Waals surface area contributed by atoms with Crippen molar-refractivity contribution in [2.24, 2.45) is 0 Å². The average Bonchev–Trinajstić information content (AvgIpc) is 2.22. The predicted octanol–water partition coefficient (Wildman–Crippen LogP) is 3.26. The summed E-state index contributed by atoms with van der Waals surface area (Å²) in [5.41, 5.74) is -0.546. The average molecular weight is 269 g/mol. The Labute approximate surface area is 100 Å². The topological polar surface area (TPSA) is 35.5 Å². The van der Waals surface area contributed by atoms with Crippen molar-refractivity contribution in [1.82, 2.24) is 0 Å². The van der Waals surface area contributed by atoms with Gasteiger partial charge in [-0.05, 0) is 13.0 Å². The number of esters is 1. The molecule has 1 aromatic carbocycles. The molecule has 0 unspecified atom stereocenters. The molecule has 0 aliphatic heterocycles. The zero-order valence-corrected chi connectivity index (χ0v) is 9.43. The third-order valence-electron chi connectivity index (χ3n) is 1.72. The molecule has 0 atom stereocenters. The summed E-state index contributed by atoms with van der Waals surface area (Å²) < 4.78 is 45.9. The molecule has 0 radical (unpaired) electrons. The molecule has 0 amide bonds. The van der Waals surface area contributed by atoms with Crippen molar-refractivity contribution in [2.75, 3.05) is 6.61 Å². The van der Waals surface area contributed by atoms with Gasteiger partial charge in [-0.25, -0.2) is 9.18 Å². The van der Waals surface area contributed by atoms with Crippen molar-refractivity contribution >= 4 is 17.6 Å². The van der Waals surface area contributed by atoms with Gasteiger partial charge in [0.25, 0.3) is 0 Å². The smallest absolute Gasteiger partial charge is 0.387 e. The number of ether oxygens (including phenoxy) is 2. The van der Waals surface area contributed by atoms with Crippen LogP contribution in [0.3, 0.4) is 0 Å². The minimum absolute atomic E-state index is 0.0236. The van der Waals surface area contributed by atoms with Gasteiger partial charge in [-0.3, -0.25) is 0 Å². The van der Waals surface area contributed by atoms with Crippen LogP contribution in [-0.2, 0) is 4.74 Å². The summed E-state index contributed by atoms with van der Waals surface area (Å²) in [7, 11) is 0. The summed E-state index contributed by atoms with van der Waals surface area (Å²) >= 11 is 5.55. The lowest BCUT2D eigenvalue weighted by Crippen LogP contribution is -2.10. The van der Waals surface area contributed by atoms with Gasteiger partial charge in [0.1, 0.15) is 5.56 Å². The molecule has 0 saturated carbocycles. The van der Waals surface area contributed by atoms with E-state index < -0.39 is 29.7 Å². The van der Waals surface area contributed by atoms with Gasteiger partial charge in [-0.15, -0.1) is 0 Å². The van der Waals surface area contributed by atoms with Crippen LogP contribution in [0.4, 0.5) is 13.2 Å². The molecule has 0 fully saturated rings. The van der Waals surface area contributed by atoms with E-state index in [4.69, 9.17) is 11.6 Å². The van der Waals surface area contributed by atoms with E-state index in [1.807, 2.05) is 0 Å². The van der Waals surface area contributed by atoms with E-state index in [2.05, 4.69) is 9.47 Å². The zero-order valence-electron chi connectivity index (χ0n) is 8.68. The number of alkyl halides is 2. The maximum atomic E-state index is 13.6. The second kappa shape index (κ2) is 5.77. The minimum Gasteiger partial charge on any atom is -0.462 e. The predicted molar refractivity (Wildman–Crippen MR) is 54.0 cm³/mol. The summed E-state index contributed by atoms with van der Waals surface area (Å²) in [6.45, 7) is -1.66. The molecule has 0 spiro atoms. The molecule has 7 heteroatoms. The van der Waals surface area contributed by atoms with E-state index in [0.29, 0.717) is 0 Å². The SMILES string of the molecule is CCOC(=O)c1cc(Cl)cc(OC(F)F)c1F. The highest BCUT2D eigenvalue weighted by Gasteiger charge is 2.20. The zero-order chi connectivity index (χ0) is 13.0. The van der Waals surface area contributed by atoms with Crippen LogP contribution in [0, 0.1) is 5.82 Å². The Kier molecular flexibility index (Phi) is 4.62. The first-order chi connectivity index (χ1) is 7.95. The van der Waals surface area contributed by atoms with Gasteiger partial charge in [0.15, 0.2) is 11.6 Å². The molecule has 0 saturated heterocycles. The van der Waals surface area contributed by atoms with Crippen LogP contribution < -0.4 is 4.74 Å². The summed E-state index contributed by atoms with van der Waals surface area (Å²) in [6.07, 6.45) is 0. The number of halogens is 4. The van der Waals surface area contributed by atoms with Crippen LogP contribution in [0.15, 0.2) is 12.1 Å². The number of carbonyl (C=O) groups excluding carboxylic acids is 1. The standard InChI is InChI=1S/C10H8ClF3O3/c1-2-16-9(15)6-3-5(11)4-7(8(6)12)17-10(13)14/h3-4,10H,2H2,1H3. The largest absolute Gasteiger partial charge is 0.462 e. The Hall–Kier alpha value is -1.43. The normalized spacial score (nSPS) is 10.5. The Morgan fingerprint density at radius 2 is 2.12 bits per heavy atom. The maximum Gasteiger partial charge on any atom is 0.387 e. The first-order valence-electron chi connectivity index (χ1n) is 4.56. The first-order valence-corrected chi connectivity index (χ1v) is 4.94. The van der Waals surface area contributed by atoms with Gasteiger partial charge in [0.2, 0.25) is 0 Å². The van der Waals surface area contributed by atoms with Crippen LogP contribution in [0.5, 0.6) is 5.75 Å². The Morgan fingerprint density at radius 1 is 1.47 bits per heavy atom. The molecule has 0 heterocycles. The van der Waals surface area contributed by atoms with Gasteiger partial charge in [0.05, 0.1) is 6.61 Å². The number of benzene rings is 1.